The summed E-state index contributed by atoms with van der Waals surface area (Å²) in [6.07, 6.45) is 5.64. The van der Waals surface area contributed by atoms with Crippen LogP contribution in [-0.2, 0) is 24.0 Å². The highest BCUT2D eigenvalue weighted by Crippen LogP contribution is 2.83. The van der Waals surface area contributed by atoms with E-state index < -0.39 is 21.7 Å². The van der Waals surface area contributed by atoms with E-state index in [0.717, 1.165) is 51.4 Å². The van der Waals surface area contributed by atoms with Gasteiger partial charge in [0.2, 0.25) is 0 Å². The normalized spacial score (nSPS) is 27.4. The summed E-state index contributed by atoms with van der Waals surface area (Å²) in [5.74, 6) is -2.06. The molecule has 0 aromatic carbocycles. The number of ketones is 4. The molecule has 5 aliphatic rings. The van der Waals surface area contributed by atoms with E-state index in [1.807, 2.05) is 0 Å². The number of carbonyl (C=O) groups is 5. The van der Waals surface area contributed by atoms with E-state index in [2.05, 4.69) is 0 Å². The Hall–Kier alpha value is -1.56. The van der Waals surface area contributed by atoms with E-state index in [9.17, 15) is 29.1 Å². The summed E-state index contributed by atoms with van der Waals surface area (Å²) in [6, 6.07) is 0. The van der Waals surface area contributed by atoms with Gasteiger partial charge < -0.3 is 5.11 Å². The van der Waals surface area contributed by atoms with Crippen LogP contribution in [0.4, 0.5) is 0 Å². The third kappa shape index (κ3) is 3.32. The predicted molar refractivity (Wildman–Crippen MR) is 110 cm³/mol. The monoisotopic (exact) mass is 448 g/mol. The van der Waals surface area contributed by atoms with Crippen LogP contribution in [0.25, 0.3) is 0 Å². The third-order valence-electron chi connectivity index (χ3n) is 8.50. The van der Waals surface area contributed by atoms with Crippen LogP contribution in [0.5, 0.6) is 0 Å². The van der Waals surface area contributed by atoms with E-state index in [-0.39, 0.29) is 72.5 Å². The SMILES string of the molecule is O=C(CC1(CC(=O)C2CC2)C(CC(=O)C2CC2)(CC(=O)C2CC2)C1(Cl)C(=O)O)C1CC1. The number of halogens is 1. The van der Waals surface area contributed by atoms with Gasteiger partial charge in [-0.2, -0.15) is 0 Å². The maximum absolute atomic E-state index is 13.0. The van der Waals surface area contributed by atoms with Crippen LogP contribution in [0.1, 0.15) is 77.0 Å². The Kier molecular flexibility index (Phi) is 4.79. The molecule has 0 radical (unpaired) electrons. The molecule has 0 bridgehead atoms. The minimum atomic E-state index is -1.94. The highest BCUT2D eigenvalue weighted by Gasteiger charge is 2.90. The predicted octanol–water partition coefficient (Wildman–Crippen LogP) is 3.51. The van der Waals surface area contributed by atoms with Crippen molar-refractivity contribution in [3.05, 3.63) is 0 Å². The highest BCUT2D eigenvalue weighted by atomic mass is 35.5. The molecule has 6 nitrogen and oxygen atoms in total. The number of carboxylic acids is 1. The topological polar surface area (TPSA) is 106 Å². The average Bonchev–Trinajstić information content (AvgIpc) is 3.56. The number of Topliss-reactive ketones (excluding diaryl/α,β-unsaturated/α-hetero) is 4. The summed E-state index contributed by atoms with van der Waals surface area (Å²) in [5, 5.41) is 10.3. The Labute approximate surface area is 186 Å². The van der Waals surface area contributed by atoms with E-state index in [1.165, 1.54) is 0 Å². The summed E-state index contributed by atoms with van der Waals surface area (Å²) in [4.78, 5) is 62.5. The van der Waals surface area contributed by atoms with Crippen molar-refractivity contribution in [3.63, 3.8) is 0 Å². The fraction of sp³-hybridized carbons (Fsp3) is 0.792. The van der Waals surface area contributed by atoms with Crippen molar-refractivity contribution in [1.82, 2.24) is 0 Å². The summed E-state index contributed by atoms with van der Waals surface area (Å²) in [7, 11) is 0. The molecule has 5 saturated carbocycles. The Morgan fingerprint density at radius 3 is 0.968 bits per heavy atom. The molecule has 1 N–H and O–H groups in total. The summed E-state index contributed by atoms with van der Waals surface area (Å²) in [5.41, 5.74) is -2.72. The molecule has 0 amide bonds. The van der Waals surface area contributed by atoms with Crippen molar-refractivity contribution in [1.29, 1.82) is 0 Å². The van der Waals surface area contributed by atoms with Crippen LogP contribution in [0.3, 0.4) is 0 Å². The lowest BCUT2D eigenvalue weighted by Gasteiger charge is -2.24. The molecular formula is C24H29ClO6. The van der Waals surface area contributed by atoms with Gasteiger partial charge >= 0.3 is 5.97 Å². The molecule has 0 spiro atoms. The van der Waals surface area contributed by atoms with Crippen molar-refractivity contribution in [2.45, 2.75) is 81.9 Å². The first kappa shape index (κ1) is 21.3. The van der Waals surface area contributed by atoms with Crippen molar-refractivity contribution < 1.29 is 29.1 Å². The molecule has 0 heterocycles. The molecule has 168 valence electrons. The van der Waals surface area contributed by atoms with Gasteiger partial charge in [-0.25, -0.2) is 0 Å². The number of carboxylic acid groups (broad SMARTS) is 1. The highest BCUT2D eigenvalue weighted by molar-refractivity contribution is 6.39. The lowest BCUT2D eigenvalue weighted by Crippen LogP contribution is -2.29. The Balaban J connectivity index is 1.56. The molecule has 5 fully saturated rings. The van der Waals surface area contributed by atoms with E-state index >= 15 is 0 Å². The largest absolute Gasteiger partial charge is 0.480 e. The Bertz CT molecular complexity index is 761. The minimum Gasteiger partial charge on any atom is -0.480 e. The zero-order chi connectivity index (χ0) is 22.2. The summed E-state index contributed by atoms with van der Waals surface area (Å²) < 4.78 is 0. The number of hydrogen-bond acceptors (Lipinski definition) is 5. The molecule has 5 aliphatic carbocycles. The van der Waals surface area contributed by atoms with Crippen molar-refractivity contribution >= 4 is 40.7 Å². The van der Waals surface area contributed by atoms with Crippen LogP contribution in [0.2, 0.25) is 0 Å². The molecule has 0 aromatic heterocycles. The van der Waals surface area contributed by atoms with E-state index in [0.29, 0.717) is 0 Å². The lowest BCUT2D eigenvalue weighted by molar-refractivity contribution is -0.139. The van der Waals surface area contributed by atoms with Crippen LogP contribution < -0.4 is 0 Å². The maximum atomic E-state index is 13.0. The third-order valence-corrected chi connectivity index (χ3v) is 9.39. The van der Waals surface area contributed by atoms with Gasteiger partial charge in [-0.15, -0.1) is 11.6 Å². The zero-order valence-electron chi connectivity index (χ0n) is 17.7. The van der Waals surface area contributed by atoms with Gasteiger partial charge in [0, 0.05) is 60.2 Å². The second-order valence-corrected chi connectivity index (χ2v) is 11.4. The van der Waals surface area contributed by atoms with Gasteiger partial charge in [-0.1, -0.05) is 0 Å². The fourth-order valence-corrected chi connectivity index (χ4v) is 6.46. The first-order valence-corrected chi connectivity index (χ1v) is 12.1. The number of rotatable bonds is 13. The molecular weight excluding hydrogens is 420 g/mol. The molecule has 0 atom stereocenters. The Morgan fingerprint density at radius 1 is 0.581 bits per heavy atom. The number of alkyl halides is 1. The zero-order valence-corrected chi connectivity index (χ0v) is 18.4. The van der Waals surface area contributed by atoms with Crippen LogP contribution in [-0.4, -0.2) is 39.1 Å². The van der Waals surface area contributed by atoms with Crippen LogP contribution in [0, 0.1) is 34.5 Å². The molecule has 0 unspecified atom stereocenters. The van der Waals surface area contributed by atoms with Gasteiger partial charge in [0.25, 0.3) is 0 Å². The fourth-order valence-electron chi connectivity index (χ4n) is 5.88. The van der Waals surface area contributed by atoms with Gasteiger partial charge in [-0.3, -0.25) is 24.0 Å². The number of carbonyl (C=O) groups excluding carboxylic acids is 4. The maximum Gasteiger partial charge on any atom is 0.326 e. The van der Waals surface area contributed by atoms with E-state index in [1.54, 1.807) is 0 Å². The van der Waals surface area contributed by atoms with E-state index in [4.69, 9.17) is 11.6 Å². The molecule has 7 heteroatoms. The first-order chi connectivity index (χ1) is 14.6. The van der Waals surface area contributed by atoms with Crippen LogP contribution >= 0.6 is 11.6 Å². The molecule has 0 saturated heterocycles. The minimum absolute atomic E-state index is 0.0745. The van der Waals surface area contributed by atoms with Gasteiger partial charge in [0.1, 0.15) is 23.1 Å². The quantitative estimate of drug-likeness (QED) is 0.432. The second-order valence-electron chi connectivity index (χ2n) is 10.8. The van der Waals surface area contributed by atoms with Crippen LogP contribution in [0.15, 0.2) is 0 Å². The first-order valence-electron chi connectivity index (χ1n) is 11.7. The average molecular weight is 449 g/mol. The standard InChI is InChI=1S/C24H29ClO6/c25-24(21(30)31)22(9-17(26)13-1-2-13,10-18(27)14-3-4-14)23(24,11-19(28)15-5-6-15)12-20(29)16-7-8-16/h13-16H,1-12H2,(H,30,31). The Morgan fingerprint density at radius 2 is 0.806 bits per heavy atom. The second kappa shape index (κ2) is 6.97. The number of aliphatic carboxylic acids is 1. The lowest BCUT2D eigenvalue weighted by atomic mass is 9.77. The molecule has 31 heavy (non-hydrogen) atoms. The number of hydrogen-bond donors (Lipinski definition) is 1. The van der Waals surface area contributed by atoms with Crippen molar-refractivity contribution in [2.75, 3.05) is 0 Å². The summed E-state index contributed by atoms with van der Waals surface area (Å²) in [6.45, 7) is 0. The van der Waals surface area contributed by atoms with Gasteiger partial charge in [0.15, 0.2) is 4.87 Å². The molecule has 5 rings (SSSR count). The van der Waals surface area contributed by atoms with Crippen molar-refractivity contribution in [2.24, 2.45) is 34.5 Å². The smallest absolute Gasteiger partial charge is 0.326 e. The molecule has 0 aromatic rings. The summed E-state index contributed by atoms with van der Waals surface area (Å²) >= 11 is 6.89. The van der Waals surface area contributed by atoms with Crippen molar-refractivity contribution in [3.8, 4) is 0 Å². The molecule has 0 aliphatic heterocycles. The van der Waals surface area contributed by atoms with Gasteiger partial charge in [0.05, 0.1) is 0 Å². The van der Waals surface area contributed by atoms with Gasteiger partial charge in [-0.05, 0) is 51.4 Å².